The highest BCUT2D eigenvalue weighted by molar-refractivity contribution is 7.89. The number of benzene rings is 1. The van der Waals surface area contributed by atoms with Crippen molar-refractivity contribution in [1.29, 1.82) is 0 Å². The fraction of sp³-hybridized carbons (Fsp3) is 0. The number of hydrogen-bond donors (Lipinski definition) is 2. The van der Waals surface area contributed by atoms with Crippen molar-refractivity contribution in [1.82, 2.24) is 10.4 Å². The highest BCUT2D eigenvalue weighted by atomic mass is 35.5. The van der Waals surface area contributed by atoms with Crippen molar-refractivity contribution in [2.24, 2.45) is 10.2 Å². The highest BCUT2D eigenvalue weighted by Crippen LogP contribution is 2.21. The lowest BCUT2D eigenvalue weighted by molar-refractivity contribution is 0.0955. The van der Waals surface area contributed by atoms with Gasteiger partial charge in [0.25, 0.3) is 5.91 Å². The number of pyridine rings is 1. The molecule has 2 rings (SSSR count). The van der Waals surface area contributed by atoms with Gasteiger partial charge in [-0.1, -0.05) is 11.6 Å². The number of carbonyl (C=O) groups is 1. The molecular formula is C13H11ClN4O3S. The molecule has 9 heteroatoms. The maximum Gasteiger partial charge on any atom is 0.271 e. The van der Waals surface area contributed by atoms with E-state index < -0.39 is 15.9 Å². The van der Waals surface area contributed by atoms with Crippen molar-refractivity contribution < 1.29 is 13.2 Å². The van der Waals surface area contributed by atoms with E-state index in [1.54, 1.807) is 24.5 Å². The molecule has 1 aromatic heterocycles. The number of amides is 1. The van der Waals surface area contributed by atoms with E-state index >= 15 is 0 Å². The molecule has 0 fully saturated rings. The molecule has 3 N–H and O–H groups in total. The van der Waals surface area contributed by atoms with E-state index in [2.05, 4.69) is 15.5 Å². The molecule has 0 saturated heterocycles. The second-order valence-corrected chi connectivity index (χ2v) is 6.11. The molecule has 0 unspecified atom stereocenters. The molecule has 0 radical (unpaired) electrons. The molecule has 0 aliphatic rings. The number of primary sulfonamides is 1. The summed E-state index contributed by atoms with van der Waals surface area (Å²) in [6, 6.07) is 7.15. The third kappa shape index (κ3) is 4.10. The number of nitrogens with one attached hydrogen (secondary N) is 1. The van der Waals surface area contributed by atoms with Crippen molar-refractivity contribution in [3.8, 4) is 0 Å². The average Bonchev–Trinajstić information content (AvgIpc) is 2.47. The molecule has 0 aliphatic carbocycles. The average molecular weight is 339 g/mol. The number of hydrazone groups is 1. The van der Waals surface area contributed by atoms with Gasteiger partial charge in [-0.05, 0) is 35.9 Å². The van der Waals surface area contributed by atoms with E-state index in [4.69, 9.17) is 16.7 Å². The Hall–Kier alpha value is -2.29. The van der Waals surface area contributed by atoms with Crippen LogP contribution in [0, 0.1) is 0 Å². The number of nitrogens with zero attached hydrogens (tertiary/aromatic N) is 2. The van der Waals surface area contributed by atoms with Crippen LogP contribution >= 0.6 is 11.6 Å². The van der Waals surface area contributed by atoms with Gasteiger partial charge in [-0.15, -0.1) is 0 Å². The Morgan fingerprint density at radius 3 is 2.59 bits per heavy atom. The Bertz CT molecular complexity index is 822. The van der Waals surface area contributed by atoms with E-state index in [0.717, 1.165) is 11.6 Å². The Morgan fingerprint density at radius 1 is 1.27 bits per heavy atom. The van der Waals surface area contributed by atoms with Gasteiger partial charge in [0.15, 0.2) is 0 Å². The standard InChI is InChI=1S/C13H11ClN4O3S/c14-11-2-1-10(7-12(11)22(15,20)21)13(19)18-17-8-9-3-5-16-6-4-9/h1-8H,(H,18,19)(H2,15,20,21)/b17-8-. The molecule has 0 atom stereocenters. The number of nitrogens with two attached hydrogens (primary N) is 1. The lowest BCUT2D eigenvalue weighted by Gasteiger charge is -2.04. The van der Waals surface area contributed by atoms with Crippen LogP contribution in [0.1, 0.15) is 15.9 Å². The van der Waals surface area contributed by atoms with E-state index in [0.29, 0.717) is 0 Å². The van der Waals surface area contributed by atoms with Crippen molar-refractivity contribution in [2.45, 2.75) is 4.90 Å². The van der Waals surface area contributed by atoms with Gasteiger partial charge in [0.1, 0.15) is 4.90 Å². The monoisotopic (exact) mass is 338 g/mol. The van der Waals surface area contributed by atoms with Crippen molar-refractivity contribution in [2.75, 3.05) is 0 Å². The van der Waals surface area contributed by atoms with Crippen LogP contribution in [-0.2, 0) is 10.0 Å². The lowest BCUT2D eigenvalue weighted by atomic mass is 10.2. The summed E-state index contributed by atoms with van der Waals surface area (Å²) in [6.07, 6.45) is 4.59. The smallest absolute Gasteiger partial charge is 0.267 e. The zero-order valence-electron chi connectivity index (χ0n) is 11.1. The summed E-state index contributed by atoms with van der Waals surface area (Å²) >= 11 is 5.74. The summed E-state index contributed by atoms with van der Waals surface area (Å²) in [5.74, 6) is -0.591. The van der Waals surface area contributed by atoms with Gasteiger partial charge in [-0.2, -0.15) is 5.10 Å². The van der Waals surface area contributed by atoms with Crippen LogP contribution in [0.4, 0.5) is 0 Å². The van der Waals surface area contributed by atoms with Crippen LogP contribution in [0.15, 0.2) is 52.7 Å². The summed E-state index contributed by atoms with van der Waals surface area (Å²) in [7, 11) is -4.01. The number of aromatic nitrogens is 1. The molecular weight excluding hydrogens is 328 g/mol. The molecule has 2 aromatic rings. The molecule has 114 valence electrons. The van der Waals surface area contributed by atoms with E-state index in [1.165, 1.54) is 18.3 Å². The first kappa shape index (κ1) is 16.1. The quantitative estimate of drug-likeness (QED) is 0.642. The third-order valence-electron chi connectivity index (χ3n) is 2.59. The van der Waals surface area contributed by atoms with Gasteiger partial charge < -0.3 is 0 Å². The molecule has 0 spiro atoms. The number of halogens is 1. The second-order valence-electron chi connectivity index (χ2n) is 4.17. The second kappa shape index (κ2) is 6.65. The maximum absolute atomic E-state index is 11.9. The Labute approximate surface area is 131 Å². The topological polar surface area (TPSA) is 115 Å². The van der Waals surface area contributed by atoms with E-state index in [-0.39, 0.29) is 15.5 Å². The van der Waals surface area contributed by atoms with Crippen LogP contribution < -0.4 is 10.6 Å². The SMILES string of the molecule is NS(=O)(=O)c1cc(C(=O)N/N=C\c2ccncc2)ccc1Cl. The number of carbonyl (C=O) groups excluding carboxylic acids is 1. The summed E-state index contributed by atoms with van der Waals surface area (Å²) in [5.41, 5.74) is 3.09. The maximum atomic E-state index is 11.9. The first-order valence-corrected chi connectivity index (χ1v) is 7.86. The third-order valence-corrected chi connectivity index (χ3v) is 3.98. The van der Waals surface area contributed by atoms with E-state index in [1.807, 2.05) is 0 Å². The summed E-state index contributed by atoms with van der Waals surface area (Å²) in [5, 5.41) is 8.73. The minimum Gasteiger partial charge on any atom is -0.267 e. The van der Waals surface area contributed by atoms with Crippen LogP contribution in [0.25, 0.3) is 0 Å². The first-order chi connectivity index (χ1) is 10.4. The van der Waals surface area contributed by atoms with E-state index in [9.17, 15) is 13.2 Å². The Balaban J connectivity index is 2.15. The Kier molecular flexibility index (Phi) is 4.86. The fourth-order valence-electron chi connectivity index (χ4n) is 1.54. The van der Waals surface area contributed by atoms with Crippen molar-refractivity contribution in [3.05, 3.63) is 58.9 Å². The predicted octanol–water partition coefficient (Wildman–Crippen LogP) is 1.15. The molecule has 1 heterocycles. The molecule has 0 aliphatic heterocycles. The van der Waals surface area contributed by atoms with Gasteiger partial charge in [-0.25, -0.2) is 19.0 Å². The lowest BCUT2D eigenvalue weighted by Crippen LogP contribution is -2.19. The molecule has 0 bridgehead atoms. The van der Waals surface area contributed by atoms with Crippen LogP contribution in [0.3, 0.4) is 0 Å². The summed E-state index contributed by atoms with van der Waals surface area (Å²) < 4.78 is 22.7. The first-order valence-electron chi connectivity index (χ1n) is 5.94. The molecule has 1 amide bonds. The van der Waals surface area contributed by atoms with Crippen molar-refractivity contribution in [3.63, 3.8) is 0 Å². The van der Waals surface area contributed by atoms with Gasteiger partial charge >= 0.3 is 0 Å². The summed E-state index contributed by atoms with van der Waals surface area (Å²) in [4.78, 5) is 15.4. The van der Waals surface area contributed by atoms with Gasteiger partial charge in [0, 0.05) is 18.0 Å². The predicted molar refractivity (Wildman–Crippen MR) is 82.1 cm³/mol. The molecule has 0 saturated carbocycles. The number of rotatable bonds is 4. The van der Waals surface area contributed by atoms with Crippen LogP contribution in [-0.4, -0.2) is 25.5 Å². The van der Waals surface area contributed by atoms with Gasteiger partial charge in [0.05, 0.1) is 11.2 Å². The molecule has 7 nitrogen and oxygen atoms in total. The zero-order chi connectivity index (χ0) is 16.2. The van der Waals surface area contributed by atoms with Crippen LogP contribution in [0.5, 0.6) is 0 Å². The fourth-order valence-corrected chi connectivity index (χ4v) is 2.61. The summed E-state index contributed by atoms with van der Waals surface area (Å²) in [6.45, 7) is 0. The van der Waals surface area contributed by atoms with Crippen molar-refractivity contribution >= 4 is 33.7 Å². The minimum absolute atomic E-state index is 0.0562. The van der Waals surface area contributed by atoms with Crippen LogP contribution in [0.2, 0.25) is 5.02 Å². The highest BCUT2D eigenvalue weighted by Gasteiger charge is 2.16. The van der Waals surface area contributed by atoms with Gasteiger partial charge in [-0.3, -0.25) is 9.78 Å². The normalized spacial score (nSPS) is 11.5. The Morgan fingerprint density at radius 2 is 1.95 bits per heavy atom. The number of sulfonamides is 1. The van der Waals surface area contributed by atoms with Gasteiger partial charge in [0.2, 0.25) is 10.0 Å². The molecule has 1 aromatic carbocycles. The number of hydrogen-bond acceptors (Lipinski definition) is 5. The largest absolute Gasteiger partial charge is 0.271 e. The zero-order valence-corrected chi connectivity index (χ0v) is 12.7. The minimum atomic E-state index is -4.01. The molecule has 22 heavy (non-hydrogen) atoms.